The Morgan fingerprint density at radius 3 is 2.38 bits per heavy atom. The van der Waals surface area contributed by atoms with Gasteiger partial charge in [-0.15, -0.1) is 0 Å². The van der Waals surface area contributed by atoms with Crippen LogP contribution < -0.4 is 11.1 Å². The molecule has 0 saturated heterocycles. The molecule has 1 aliphatic rings. The van der Waals surface area contributed by atoms with Crippen LogP contribution in [0, 0.1) is 5.92 Å². The monoisotopic (exact) mass is 280 g/mol. The van der Waals surface area contributed by atoms with E-state index in [9.17, 15) is 9.59 Å². The lowest BCUT2D eigenvalue weighted by Gasteiger charge is -2.08. The molecule has 1 saturated carbocycles. The van der Waals surface area contributed by atoms with Crippen molar-refractivity contribution in [3.05, 3.63) is 65.7 Å². The number of rotatable bonds is 4. The highest BCUT2D eigenvalue weighted by Gasteiger charge is 2.43. The van der Waals surface area contributed by atoms with E-state index in [0.29, 0.717) is 11.3 Å². The maximum absolute atomic E-state index is 12.3. The molecule has 0 heterocycles. The van der Waals surface area contributed by atoms with Crippen LogP contribution in [0.5, 0.6) is 0 Å². The first-order chi connectivity index (χ1) is 10.2. The van der Waals surface area contributed by atoms with E-state index < -0.39 is 5.91 Å². The fraction of sp³-hybridized carbons (Fsp3) is 0.176. The van der Waals surface area contributed by atoms with Crippen LogP contribution in [0.2, 0.25) is 0 Å². The maximum atomic E-state index is 12.3. The van der Waals surface area contributed by atoms with Crippen molar-refractivity contribution in [2.75, 3.05) is 5.32 Å². The van der Waals surface area contributed by atoms with Gasteiger partial charge in [-0.3, -0.25) is 9.59 Å². The van der Waals surface area contributed by atoms with Crippen LogP contribution in [0.15, 0.2) is 54.6 Å². The van der Waals surface area contributed by atoms with Gasteiger partial charge >= 0.3 is 0 Å². The Bertz CT molecular complexity index is 682. The summed E-state index contributed by atoms with van der Waals surface area (Å²) in [6.45, 7) is 0. The second kappa shape index (κ2) is 5.40. The van der Waals surface area contributed by atoms with Gasteiger partial charge in [0.2, 0.25) is 5.91 Å². The Morgan fingerprint density at radius 2 is 1.67 bits per heavy atom. The van der Waals surface area contributed by atoms with Gasteiger partial charge in [-0.2, -0.15) is 0 Å². The largest absolute Gasteiger partial charge is 0.366 e. The molecular formula is C17H16N2O2. The molecule has 106 valence electrons. The molecule has 0 spiro atoms. The summed E-state index contributed by atoms with van der Waals surface area (Å²) in [6.07, 6.45) is 0.842. The maximum Gasteiger partial charge on any atom is 0.250 e. The molecule has 0 bridgehead atoms. The molecule has 2 aromatic carbocycles. The quantitative estimate of drug-likeness (QED) is 0.903. The Balaban J connectivity index is 1.70. The van der Waals surface area contributed by atoms with Crippen LogP contribution in [-0.4, -0.2) is 11.8 Å². The van der Waals surface area contributed by atoms with Crippen molar-refractivity contribution < 1.29 is 9.59 Å². The van der Waals surface area contributed by atoms with Gasteiger partial charge in [0.1, 0.15) is 0 Å². The van der Waals surface area contributed by atoms with Crippen molar-refractivity contribution in [1.82, 2.24) is 0 Å². The first-order valence-corrected chi connectivity index (χ1v) is 6.91. The molecule has 4 heteroatoms. The van der Waals surface area contributed by atoms with Crippen molar-refractivity contribution in [3.63, 3.8) is 0 Å². The minimum absolute atomic E-state index is 0.0340. The zero-order chi connectivity index (χ0) is 14.8. The Hall–Kier alpha value is -2.62. The number of amides is 2. The van der Waals surface area contributed by atoms with Crippen LogP contribution in [0.1, 0.15) is 28.3 Å². The van der Waals surface area contributed by atoms with Gasteiger partial charge < -0.3 is 11.1 Å². The lowest BCUT2D eigenvalue weighted by Crippen LogP contribution is -2.19. The highest BCUT2D eigenvalue weighted by Crippen LogP contribution is 2.47. The van der Waals surface area contributed by atoms with Crippen molar-refractivity contribution >= 4 is 17.5 Å². The highest BCUT2D eigenvalue weighted by atomic mass is 16.2. The Labute approximate surface area is 123 Å². The molecule has 0 radical (unpaired) electrons. The highest BCUT2D eigenvalue weighted by molar-refractivity contribution is 6.04. The van der Waals surface area contributed by atoms with Gasteiger partial charge in [-0.25, -0.2) is 0 Å². The molecule has 0 unspecified atom stereocenters. The first kappa shape index (κ1) is 13.4. The number of nitrogens with two attached hydrogens (primary N) is 1. The first-order valence-electron chi connectivity index (χ1n) is 6.91. The zero-order valence-corrected chi connectivity index (χ0v) is 11.5. The lowest BCUT2D eigenvalue weighted by atomic mass is 10.1. The molecule has 3 N–H and O–H groups in total. The summed E-state index contributed by atoms with van der Waals surface area (Å²) in [4.78, 5) is 23.6. The average Bonchev–Trinajstić information content (AvgIpc) is 3.29. The Morgan fingerprint density at radius 1 is 1.00 bits per heavy atom. The van der Waals surface area contributed by atoms with E-state index in [-0.39, 0.29) is 17.7 Å². The van der Waals surface area contributed by atoms with Crippen molar-refractivity contribution in [3.8, 4) is 0 Å². The molecule has 0 aromatic heterocycles. The van der Waals surface area contributed by atoms with E-state index in [0.717, 1.165) is 6.42 Å². The predicted octanol–water partition coefficient (Wildman–Crippen LogP) is 2.53. The fourth-order valence-electron chi connectivity index (χ4n) is 2.59. The van der Waals surface area contributed by atoms with Gasteiger partial charge in [0.25, 0.3) is 5.91 Å². The molecule has 0 aliphatic heterocycles. The lowest BCUT2D eigenvalue weighted by molar-refractivity contribution is -0.117. The van der Waals surface area contributed by atoms with Crippen LogP contribution in [0.25, 0.3) is 0 Å². The molecule has 2 atom stereocenters. The normalized spacial score (nSPS) is 19.8. The zero-order valence-electron chi connectivity index (χ0n) is 11.5. The average molecular weight is 280 g/mol. The summed E-state index contributed by atoms with van der Waals surface area (Å²) < 4.78 is 0. The van der Waals surface area contributed by atoms with Crippen molar-refractivity contribution in [1.29, 1.82) is 0 Å². The van der Waals surface area contributed by atoms with E-state index >= 15 is 0 Å². The predicted molar refractivity (Wildman–Crippen MR) is 80.9 cm³/mol. The molecule has 3 rings (SSSR count). The smallest absolute Gasteiger partial charge is 0.250 e. The third kappa shape index (κ3) is 2.79. The minimum atomic E-state index is -0.540. The minimum Gasteiger partial charge on any atom is -0.366 e. The molecule has 4 nitrogen and oxygen atoms in total. The molecule has 1 aliphatic carbocycles. The van der Waals surface area contributed by atoms with Gasteiger partial charge in [-0.05, 0) is 30.0 Å². The number of carbonyl (C=O) groups excluding carboxylic acids is 2. The SMILES string of the molecule is NC(=O)c1ccccc1NC(=O)[C@@H]1C[C@@H]1c1ccccc1. The number of anilines is 1. The van der Waals surface area contributed by atoms with E-state index in [1.165, 1.54) is 5.56 Å². The van der Waals surface area contributed by atoms with Crippen LogP contribution in [-0.2, 0) is 4.79 Å². The standard InChI is InChI=1S/C17H16N2O2/c18-16(20)12-8-4-5-9-15(12)19-17(21)14-10-13(14)11-6-2-1-3-7-11/h1-9,13-14H,10H2,(H2,18,20)(H,19,21)/t13-,14-/m1/s1. The number of hydrogen-bond donors (Lipinski definition) is 2. The van der Waals surface area contributed by atoms with Gasteiger partial charge in [0.15, 0.2) is 0 Å². The van der Waals surface area contributed by atoms with Gasteiger partial charge in [-0.1, -0.05) is 42.5 Å². The van der Waals surface area contributed by atoms with E-state index in [2.05, 4.69) is 5.32 Å². The van der Waals surface area contributed by atoms with E-state index in [1.54, 1.807) is 24.3 Å². The van der Waals surface area contributed by atoms with Gasteiger partial charge in [0, 0.05) is 5.92 Å². The number of primary amides is 1. The number of nitrogens with one attached hydrogen (secondary N) is 1. The number of carbonyl (C=O) groups is 2. The van der Waals surface area contributed by atoms with E-state index in [4.69, 9.17) is 5.73 Å². The number of para-hydroxylation sites is 1. The summed E-state index contributed by atoms with van der Waals surface area (Å²) in [5.74, 6) is -0.362. The fourth-order valence-corrected chi connectivity index (χ4v) is 2.59. The van der Waals surface area contributed by atoms with Crippen LogP contribution in [0.4, 0.5) is 5.69 Å². The second-order valence-corrected chi connectivity index (χ2v) is 5.26. The summed E-state index contributed by atoms with van der Waals surface area (Å²) in [6, 6.07) is 16.8. The summed E-state index contributed by atoms with van der Waals surface area (Å²) in [5.41, 5.74) is 7.31. The van der Waals surface area contributed by atoms with Crippen LogP contribution in [0.3, 0.4) is 0 Å². The topological polar surface area (TPSA) is 72.2 Å². The number of benzene rings is 2. The second-order valence-electron chi connectivity index (χ2n) is 5.26. The van der Waals surface area contributed by atoms with Crippen molar-refractivity contribution in [2.45, 2.75) is 12.3 Å². The molecule has 2 aromatic rings. The molecular weight excluding hydrogens is 264 g/mol. The molecule has 1 fully saturated rings. The summed E-state index contributed by atoms with van der Waals surface area (Å²) >= 11 is 0. The molecule has 2 amide bonds. The van der Waals surface area contributed by atoms with Crippen molar-refractivity contribution in [2.24, 2.45) is 11.7 Å². The van der Waals surface area contributed by atoms with Gasteiger partial charge in [0.05, 0.1) is 11.3 Å². The van der Waals surface area contributed by atoms with Crippen LogP contribution >= 0.6 is 0 Å². The van der Waals surface area contributed by atoms with E-state index in [1.807, 2.05) is 30.3 Å². The summed E-state index contributed by atoms with van der Waals surface area (Å²) in [7, 11) is 0. The third-order valence-corrected chi connectivity index (χ3v) is 3.81. The third-order valence-electron chi connectivity index (χ3n) is 3.81. The molecule has 21 heavy (non-hydrogen) atoms. The Kier molecular flexibility index (Phi) is 3.44. The summed E-state index contributed by atoms with van der Waals surface area (Å²) in [5, 5.41) is 2.81. The number of hydrogen-bond acceptors (Lipinski definition) is 2.